The summed E-state index contributed by atoms with van der Waals surface area (Å²) in [6.45, 7) is 6.84. The molecule has 2 rings (SSSR count). The summed E-state index contributed by atoms with van der Waals surface area (Å²) in [5, 5.41) is 8.01. The van der Waals surface area contributed by atoms with Gasteiger partial charge in [-0.3, -0.25) is 14.7 Å². The highest BCUT2D eigenvalue weighted by atomic mass is 16.4. The Bertz CT molecular complexity index is 515. The van der Waals surface area contributed by atoms with E-state index in [9.17, 15) is 9.59 Å². The fraction of sp³-hybridized carbons (Fsp3) is 0.588. The number of nitrogens with zero attached hydrogens (tertiary/aromatic N) is 2. The van der Waals surface area contributed by atoms with Gasteiger partial charge >= 0.3 is 5.97 Å². The number of carboxylic acids is 1. The first-order valence-corrected chi connectivity index (χ1v) is 7.66. The smallest absolute Gasteiger partial charge is 0.303 e. The normalized spacial score (nSPS) is 17.7. The lowest BCUT2D eigenvalue weighted by Crippen LogP contribution is -2.18. The molecule has 0 amide bonds. The summed E-state index contributed by atoms with van der Waals surface area (Å²) in [6.07, 6.45) is 4.75. The van der Waals surface area contributed by atoms with Crippen LogP contribution in [0.15, 0.2) is 12.3 Å². The van der Waals surface area contributed by atoms with E-state index >= 15 is 0 Å². The molecule has 122 valence electrons. The molecule has 1 aliphatic rings. The van der Waals surface area contributed by atoms with Gasteiger partial charge in [0.1, 0.15) is 5.78 Å². The van der Waals surface area contributed by atoms with Gasteiger partial charge in [-0.1, -0.05) is 0 Å². The van der Waals surface area contributed by atoms with E-state index in [1.807, 2.05) is 0 Å². The second kappa shape index (κ2) is 8.63. The summed E-state index contributed by atoms with van der Waals surface area (Å²) < 4.78 is 0. The third kappa shape index (κ3) is 5.93. The van der Waals surface area contributed by atoms with Gasteiger partial charge < -0.3 is 9.90 Å². The molecular formula is C17H26N2O3. The number of likely N-dealkylation sites (tertiary alicyclic amines) is 1. The van der Waals surface area contributed by atoms with Gasteiger partial charge in [-0.15, -0.1) is 0 Å². The highest BCUT2D eigenvalue weighted by molar-refractivity contribution is 5.80. The third-order valence-electron chi connectivity index (χ3n) is 3.86. The Hall–Kier alpha value is -1.75. The van der Waals surface area contributed by atoms with Gasteiger partial charge in [-0.25, -0.2) is 0 Å². The summed E-state index contributed by atoms with van der Waals surface area (Å²) in [5.41, 5.74) is 3.92. The fourth-order valence-electron chi connectivity index (χ4n) is 2.64. The zero-order valence-corrected chi connectivity index (χ0v) is 13.9. The van der Waals surface area contributed by atoms with Crippen molar-refractivity contribution in [2.45, 2.75) is 52.5 Å². The summed E-state index contributed by atoms with van der Waals surface area (Å²) in [6, 6.07) is 2.78. The maximum atomic E-state index is 10.1. The number of pyridine rings is 1. The maximum Gasteiger partial charge on any atom is 0.303 e. The Morgan fingerprint density at radius 1 is 1.36 bits per heavy atom. The Kier molecular flexibility index (Phi) is 7.18. The number of aliphatic carboxylic acids is 1. The van der Waals surface area contributed by atoms with Crippen LogP contribution in [0.25, 0.3) is 0 Å². The molecule has 1 aromatic rings. The standard InChI is InChI=1S/C12H18N2.C5H8O3/c1-9-7-10(2)13-8-11(9)12-5-4-6-14(12)3;1-4(6)2-3-5(7)8/h7-8,12H,4-6H2,1-3H3;2-3H2,1H3,(H,7,8)/t12-;/m0./s1. The Balaban J connectivity index is 0.000000261. The van der Waals surface area contributed by atoms with Crippen molar-refractivity contribution in [3.63, 3.8) is 0 Å². The van der Waals surface area contributed by atoms with E-state index in [1.54, 1.807) is 0 Å². The first-order chi connectivity index (χ1) is 10.3. The highest BCUT2D eigenvalue weighted by Crippen LogP contribution is 2.31. The van der Waals surface area contributed by atoms with Crippen molar-refractivity contribution in [2.75, 3.05) is 13.6 Å². The molecule has 0 aromatic carbocycles. The number of aromatic nitrogens is 1. The van der Waals surface area contributed by atoms with Crippen LogP contribution in [0.2, 0.25) is 0 Å². The van der Waals surface area contributed by atoms with Gasteiger partial charge in [0.05, 0.1) is 6.42 Å². The summed E-state index contributed by atoms with van der Waals surface area (Å²) in [7, 11) is 2.21. The number of hydrogen-bond donors (Lipinski definition) is 1. The van der Waals surface area contributed by atoms with Crippen LogP contribution in [-0.2, 0) is 9.59 Å². The van der Waals surface area contributed by atoms with Crippen molar-refractivity contribution in [3.05, 3.63) is 29.1 Å². The molecule has 1 saturated heterocycles. The summed E-state index contributed by atoms with van der Waals surface area (Å²) >= 11 is 0. The number of hydrogen-bond acceptors (Lipinski definition) is 4. The van der Waals surface area contributed by atoms with E-state index in [0.717, 1.165) is 5.69 Å². The monoisotopic (exact) mass is 306 g/mol. The van der Waals surface area contributed by atoms with Gasteiger partial charge in [0.2, 0.25) is 0 Å². The van der Waals surface area contributed by atoms with E-state index in [2.05, 4.69) is 43.0 Å². The summed E-state index contributed by atoms with van der Waals surface area (Å²) in [4.78, 5) is 26.7. The van der Waals surface area contributed by atoms with E-state index in [4.69, 9.17) is 5.11 Å². The van der Waals surface area contributed by atoms with Crippen LogP contribution < -0.4 is 0 Å². The number of carboxylic acid groups (broad SMARTS) is 1. The first-order valence-electron chi connectivity index (χ1n) is 7.66. The van der Waals surface area contributed by atoms with Crippen LogP contribution in [-0.4, -0.2) is 40.3 Å². The number of carbonyl (C=O) groups excluding carboxylic acids is 1. The van der Waals surface area contributed by atoms with Crippen molar-refractivity contribution in [1.29, 1.82) is 0 Å². The molecule has 1 N–H and O–H groups in total. The second-order valence-electron chi connectivity index (χ2n) is 5.92. The third-order valence-corrected chi connectivity index (χ3v) is 3.86. The van der Waals surface area contributed by atoms with Gasteiger partial charge in [0.25, 0.3) is 0 Å². The molecule has 1 atom stereocenters. The number of aryl methyl sites for hydroxylation is 2. The van der Waals surface area contributed by atoms with E-state index in [-0.39, 0.29) is 18.6 Å². The average Bonchev–Trinajstić information content (AvgIpc) is 2.83. The minimum Gasteiger partial charge on any atom is -0.481 e. The maximum absolute atomic E-state index is 10.1. The molecule has 1 aliphatic heterocycles. The number of carbonyl (C=O) groups is 2. The Morgan fingerprint density at radius 2 is 2.05 bits per heavy atom. The minimum absolute atomic E-state index is 0.0463. The molecule has 22 heavy (non-hydrogen) atoms. The van der Waals surface area contributed by atoms with Crippen LogP contribution in [0.5, 0.6) is 0 Å². The number of Topliss-reactive ketones (excluding diaryl/α,β-unsaturated/α-hetero) is 1. The van der Waals surface area contributed by atoms with Crippen LogP contribution >= 0.6 is 0 Å². The molecule has 2 heterocycles. The van der Waals surface area contributed by atoms with Gasteiger partial charge in [-0.05, 0) is 64.4 Å². The molecule has 0 spiro atoms. The van der Waals surface area contributed by atoms with Crippen molar-refractivity contribution in [2.24, 2.45) is 0 Å². The van der Waals surface area contributed by atoms with E-state index < -0.39 is 5.97 Å². The van der Waals surface area contributed by atoms with Crippen LogP contribution in [0.1, 0.15) is 55.5 Å². The molecule has 0 unspecified atom stereocenters. The van der Waals surface area contributed by atoms with Crippen molar-refractivity contribution in [3.8, 4) is 0 Å². The molecule has 1 aromatic heterocycles. The predicted octanol–water partition coefficient (Wildman–Crippen LogP) is 2.91. The van der Waals surface area contributed by atoms with Gasteiger partial charge in [-0.2, -0.15) is 0 Å². The molecule has 1 fully saturated rings. The Morgan fingerprint density at radius 3 is 2.45 bits per heavy atom. The molecule has 5 nitrogen and oxygen atoms in total. The zero-order valence-electron chi connectivity index (χ0n) is 13.9. The lowest BCUT2D eigenvalue weighted by molar-refractivity contribution is -0.138. The van der Waals surface area contributed by atoms with Crippen molar-refractivity contribution >= 4 is 11.8 Å². The van der Waals surface area contributed by atoms with Gasteiger partial charge in [0.15, 0.2) is 0 Å². The topological polar surface area (TPSA) is 70.5 Å². The lowest BCUT2D eigenvalue weighted by Gasteiger charge is -2.21. The summed E-state index contributed by atoms with van der Waals surface area (Å²) in [5.74, 6) is -0.993. The molecule has 0 aliphatic carbocycles. The number of ketones is 1. The largest absolute Gasteiger partial charge is 0.481 e. The minimum atomic E-state index is -0.916. The van der Waals surface area contributed by atoms with Gasteiger partial charge in [0, 0.05) is 24.4 Å². The van der Waals surface area contributed by atoms with Crippen LogP contribution in [0, 0.1) is 13.8 Å². The van der Waals surface area contributed by atoms with Crippen molar-refractivity contribution < 1.29 is 14.7 Å². The van der Waals surface area contributed by atoms with E-state index in [0.29, 0.717) is 6.04 Å². The molecule has 0 bridgehead atoms. The molecule has 0 radical (unpaired) electrons. The SMILES string of the molecule is CC(=O)CCC(=O)O.Cc1cc(C)c([C@@H]2CCCN2C)cn1. The van der Waals surface area contributed by atoms with Crippen LogP contribution in [0.4, 0.5) is 0 Å². The lowest BCUT2D eigenvalue weighted by atomic mass is 10.0. The quantitative estimate of drug-likeness (QED) is 0.926. The van der Waals surface area contributed by atoms with Crippen LogP contribution in [0.3, 0.4) is 0 Å². The molecular weight excluding hydrogens is 280 g/mol. The molecule has 0 saturated carbocycles. The molecule has 5 heteroatoms. The highest BCUT2D eigenvalue weighted by Gasteiger charge is 2.23. The number of rotatable bonds is 4. The predicted molar refractivity (Wildman–Crippen MR) is 85.9 cm³/mol. The zero-order chi connectivity index (χ0) is 16.7. The fourth-order valence-corrected chi connectivity index (χ4v) is 2.64. The first kappa shape index (κ1) is 18.3. The second-order valence-corrected chi connectivity index (χ2v) is 5.92. The van der Waals surface area contributed by atoms with Crippen molar-refractivity contribution in [1.82, 2.24) is 9.88 Å². The Labute approximate surface area is 132 Å². The van der Waals surface area contributed by atoms with E-state index in [1.165, 1.54) is 37.4 Å². The average molecular weight is 306 g/mol.